The molecule has 0 unspecified atom stereocenters. The molecule has 0 aliphatic carbocycles. The van der Waals surface area contributed by atoms with Crippen LogP contribution in [0.25, 0.3) is 0 Å². The van der Waals surface area contributed by atoms with E-state index in [1.54, 1.807) is 6.07 Å². The number of halogens is 2. The number of benzene rings is 1. The van der Waals surface area contributed by atoms with Crippen molar-refractivity contribution in [3.05, 3.63) is 51.3 Å². The molecule has 2 rings (SSSR count). The molecule has 20 heavy (non-hydrogen) atoms. The Morgan fingerprint density at radius 1 is 1.10 bits per heavy atom. The Hall–Kier alpha value is -1.03. The summed E-state index contributed by atoms with van der Waals surface area (Å²) in [5.41, 5.74) is 2.02. The van der Waals surface area contributed by atoms with E-state index < -0.39 is 0 Å². The second-order valence-electron chi connectivity index (χ2n) is 5.18. The molecule has 0 bridgehead atoms. The Balaban J connectivity index is 1.98. The molecule has 0 spiro atoms. The lowest BCUT2D eigenvalue weighted by Gasteiger charge is -2.13. The first-order valence-corrected chi connectivity index (χ1v) is 7.36. The summed E-state index contributed by atoms with van der Waals surface area (Å²) in [7, 11) is 0. The van der Waals surface area contributed by atoms with Crippen LogP contribution in [0.15, 0.2) is 28.8 Å². The highest BCUT2D eigenvalue weighted by molar-refractivity contribution is 6.34. The number of rotatable bonds is 5. The van der Waals surface area contributed by atoms with Gasteiger partial charge in [-0.3, -0.25) is 0 Å². The van der Waals surface area contributed by atoms with Gasteiger partial charge < -0.3 is 9.84 Å². The van der Waals surface area contributed by atoms with Crippen molar-refractivity contribution < 1.29 is 4.52 Å². The number of aromatic nitrogens is 1. The summed E-state index contributed by atoms with van der Waals surface area (Å²) in [6, 6.07) is 7.65. The van der Waals surface area contributed by atoms with Crippen molar-refractivity contribution in [2.45, 2.75) is 39.3 Å². The Kier molecular flexibility index (Phi) is 5.08. The summed E-state index contributed by atoms with van der Waals surface area (Å²) in [4.78, 5) is 0. The summed E-state index contributed by atoms with van der Waals surface area (Å²) in [6.45, 7) is 6.85. The van der Waals surface area contributed by atoms with Crippen molar-refractivity contribution in [2.75, 3.05) is 0 Å². The first-order chi connectivity index (χ1) is 9.45. The van der Waals surface area contributed by atoms with E-state index in [1.165, 1.54) is 0 Å². The summed E-state index contributed by atoms with van der Waals surface area (Å²) < 4.78 is 5.30. The van der Waals surface area contributed by atoms with E-state index in [-0.39, 0.29) is 6.04 Å². The number of nitrogens with zero attached hydrogens (tertiary/aromatic N) is 1. The minimum absolute atomic E-state index is 0.124. The molecule has 1 N–H and O–H groups in total. The zero-order valence-electron chi connectivity index (χ0n) is 11.8. The molecular formula is C15H18Cl2N2O. The summed E-state index contributed by atoms with van der Waals surface area (Å²) in [5.74, 6) is 1.20. The van der Waals surface area contributed by atoms with E-state index in [4.69, 9.17) is 27.7 Å². The SMILES string of the molecule is CC(C)c1cc(CN[C@@H](C)c2cc(Cl)cc(Cl)c2)on1. The van der Waals surface area contributed by atoms with Crippen molar-refractivity contribution in [1.82, 2.24) is 10.5 Å². The van der Waals surface area contributed by atoms with Gasteiger partial charge in [-0.1, -0.05) is 42.2 Å². The molecule has 1 atom stereocenters. The molecule has 1 heterocycles. The Morgan fingerprint density at radius 3 is 2.30 bits per heavy atom. The predicted octanol–water partition coefficient (Wildman–Crippen LogP) is 4.96. The third kappa shape index (κ3) is 3.98. The van der Waals surface area contributed by atoms with Crippen LogP contribution >= 0.6 is 23.2 Å². The molecule has 3 nitrogen and oxygen atoms in total. The van der Waals surface area contributed by atoms with Crippen molar-refractivity contribution in [3.8, 4) is 0 Å². The molecule has 5 heteroatoms. The van der Waals surface area contributed by atoms with Crippen LogP contribution in [-0.2, 0) is 6.54 Å². The molecule has 0 fully saturated rings. The average molecular weight is 313 g/mol. The van der Waals surface area contributed by atoms with Crippen LogP contribution < -0.4 is 5.32 Å². The van der Waals surface area contributed by atoms with Crippen LogP contribution in [0, 0.1) is 0 Å². The van der Waals surface area contributed by atoms with E-state index in [0.717, 1.165) is 17.0 Å². The lowest BCUT2D eigenvalue weighted by molar-refractivity contribution is 0.359. The first-order valence-electron chi connectivity index (χ1n) is 6.60. The van der Waals surface area contributed by atoms with Crippen molar-refractivity contribution >= 4 is 23.2 Å². The van der Waals surface area contributed by atoms with Crippen LogP contribution in [-0.4, -0.2) is 5.16 Å². The number of nitrogens with one attached hydrogen (secondary N) is 1. The molecular weight excluding hydrogens is 295 g/mol. The van der Waals surface area contributed by atoms with Gasteiger partial charge in [0.1, 0.15) is 0 Å². The van der Waals surface area contributed by atoms with Gasteiger partial charge in [-0.05, 0) is 36.6 Å². The van der Waals surface area contributed by atoms with Crippen LogP contribution in [0.1, 0.15) is 49.7 Å². The Labute approximate surface area is 129 Å². The maximum Gasteiger partial charge on any atom is 0.150 e. The average Bonchev–Trinajstić information content (AvgIpc) is 2.83. The van der Waals surface area contributed by atoms with Gasteiger partial charge in [-0.15, -0.1) is 0 Å². The Bertz CT molecular complexity index is 561. The molecule has 2 aromatic rings. The zero-order valence-corrected chi connectivity index (χ0v) is 13.3. The number of hydrogen-bond acceptors (Lipinski definition) is 3. The highest BCUT2D eigenvalue weighted by atomic mass is 35.5. The minimum atomic E-state index is 0.124. The highest BCUT2D eigenvalue weighted by Gasteiger charge is 2.11. The van der Waals surface area contributed by atoms with Gasteiger partial charge in [0.15, 0.2) is 5.76 Å². The molecule has 0 saturated carbocycles. The minimum Gasteiger partial charge on any atom is -0.360 e. The fourth-order valence-electron chi connectivity index (χ4n) is 1.88. The third-order valence-electron chi connectivity index (χ3n) is 3.14. The number of hydrogen-bond donors (Lipinski definition) is 1. The molecule has 0 aliphatic rings. The second kappa shape index (κ2) is 6.61. The van der Waals surface area contributed by atoms with E-state index >= 15 is 0 Å². The van der Waals surface area contributed by atoms with Gasteiger partial charge >= 0.3 is 0 Å². The van der Waals surface area contributed by atoms with Crippen LogP contribution in [0.2, 0.25) is 10.0 Å². The molecule has 0 amide bonds. The van der Waals surface area contributed by atoms with Gasteiger partial charge in [-0.25, -0.2) is 0 Å². The van der Waals surface area contributed by atoms with Crippen molar-refractivity contribution in [1.29, 1.82) is 0 Å². The first kappa shape index (κ1) is 15.4. The maximum absolute atomic E-state index is 6.01. The van der Waals surface area contributed by atoms with Crippen LogP contribution in [0.3, 0.4) is 0 Å². The molecule has 1 aromatic heterocycles. The lowest BCUT2D eigenvalue weighted by atomic mass is 10.1. The van der Waals surface area contributed by atoms with E-state index in [1.807, 2.05) is 18.2 Å². The molecule has 0 saturated heterocycles. The summed E-state index contributed by atoms with van der Waals surface area (Å²) >= 11 is 12.0. The van der Waals surface area contributed by atoms with Crippen molar-refractivity contribution in [3.63, 3.8) is 0 Å². The van der Waals surface area contributed by atoms with Crippen LogP contribution in [0.4, 0.5) is 0 Å². The predicted molar refractivity (Wildman–Crippen MR) is 82.3 cm³/mol. The van der Waals surface area contributed by atoms with Gasteiger partial charge in [0, 0.05) is 22.2 Å². The largest absolute Gasteiger partial charge is 0.360 e. The summed E-state index contributed by atoms with van der Waals surface area (Å²) in [5, 5.41) is 8.69. The highest BCUT2D eigenvalue weighted by Crippen LogP contribution is 2.23. The van der Waals surface area contributed by atoms with E-state index in [0.29, 0.717) is 22.5 Å². The van der Waals surface area contributed by atoms with E-state index in [9.17, 15) is 0 Å². The smallest absolute Gasteiger partial charge is 0.150 e. The quantitative estimate of drug-likeness (QED) is 0.848. The standard InChI is InChI=1S/C15H18Cl2N2O/c1-9(2)15-7-14(20-19-15)8-18-10(3)11-4-12(16)6-13(17)5-11/h4-7,9-10,18H,8H2,1-3H3/t10-/m0/s1. The van der Waals surface area contributed by atoms with Gasteiger partial charge in [0.25, 0.3) is 0 Å². The maximum atomic E-state index is 6.01. The fourth-order valence-corrected chi connectivity index (χ4v) is 2.42. The van der Waals surface area contributed by atoms with Gasteiger partial charge in [0.2, 0.25) is 0 Å². The van der Waals surface area contributed by atoms with E-state index in [2.05, 4.69) is 31.2 Å². The monoisotopic (exact) mass is 312 g/mol. The zero-order chi connectivity index (χ0) is 14.7. The molecule has 0 radical (unpaired) electrons. The summed E-state index contributed by atoms with van der Waals surface area (Å²) in [6.07, 6.45) is 0. The lowest BCUT2D eigenvalue weighted by Crippen LogP contribution is -2.17. The molecule has 1 aromatic carbocycles. The fraction of sp³-hybridized carbons (Fsp3) is 0.400. The van der Waals surface area contributed by atoms with Gasteiger partial charge in [0.05, 0.1) is 12.2 Å². The molecule has 108 valence electrons. The van der Waals surface area contributed by atoms with Gasteiger partial charge in [-0.2, -0.15) is 0 Å². The second-order valence-corrected chi connectivity index (χ2v) is 6.05. The van der Waals surface area contributed by atoms with Crippen LogP contribution in [0.5, 0.6) is 0 Å². The third-order valence-corrected chi connectivity index (χ3v) is 3.57. The topological polar surface area (TPSA) is 38.1 Å². The van der Waals surface area contributed by atoms with Crippen molar-refractivity contribution in [2.24, 2.45) is 0 Å². The normalized spacial score (nSPS) is 12.9. The molecule has 0 aliphatic heterocycles. The Morgan fingerprint density at radius 2 is 1.75 bits per heavy atom.